The molecule has 6 heteroatoms. The van der Waals surface area contributed by atoms with E-state index in [0.29, 0.717) is 6.54 Å². The van der Waals surface area contributed by atoms with Gasteiger partial charge in [0.15, 0.2) is 5.96 Å². The molecule has 0 unspecified atom stereocenters. The zero-order chi connectivity index (χ0) is 14.1. The fraction of sp³-hybridized carbons (Fsp3) is 0.462. The van der Waals surface area contributed by atoms with Crippen LogP contribution in [0, 0.1) is 10.1 Å². The summed E-state index contributed by atoms with van der Waals surface area (Å²) in [5, 5.41) is 16.9. The van der Waals surface area contributed by atoms with E-state index in [0.717, 1.165) is 30.9 Å². The third kappa shape index (κ3) is 5.37. The van der Waals surface area contributed by atoms with Crippen molar-refractivity contribution in [2.45, 2.75) is 26.3 Å². The van der Waals surface area contributed by atoms with Gasteiger partial charge in [-0.1, -0.05) is 25.5 Å². The Morgan fingerprint density at radius 3 is 2.53 bits per heavy atom. The lowest BCUT2D eigenvalue weighted by Crippen LogP contribution is -2.37. The fourth-order valence-electron chi connectivity index (χ4n) is 1.53. The molecule has 0 saturated carbocycles. The van der Waals surface area contributed by atoms with Crippen LogP contribution in [0.5, 0.6) is 0 Å². The first-order valence-electron chi connectivity index (χ1n) is 6.35. The van der Waals surface area contributed by atoms with Crippen LogP contribution in [-0.4, -0.2) is 24.5 Å². The normalized spacial score (nSPS) is 11.2. The molecule has 0 heterocycles. The van der Waals surface area contributed by atoms with Crippen LogP contribution in [0.4, 0.5) is 5.69 Å². The van der Waals surface area contributed by atoms with E-state index in [-0.39, 0.29) is 5.69 Å². The van der Waals surface area contributed by atoms with Crippen LogP contribution in [0.15, 0.2) is 29.3 Å². The molecule has 0 aliphatic carbocycles. The maximum Gasteiger partial charge on any atom is 0.269 e. The number of rotatable bonds is 6. The van der Waals surface area contributed by atoms with E-state index < -0.39 is 4.92 Å². The van der Waals surface area contributed by atoms with Crippen molar-refractivity contribution in [1.29, 1.82) is 0 Å². The highest BCUT2D eigenvalue weighted by atomic mass is 16.6. The van der Waals surface area contributed by atoms with Crippen molar-refractivity contribution in [3.63, 3.8) is 0 Å². The minimum atomic E-state index is -0.400. The van der Waals surface area contributed by atoms with Gasteiger partial charge in [-0.2, -0.15) is 0 Å². The van der Waals surface area contributed by atoms with Crippen LogP contribution in [0.2, 0.25) is 0 Å². The molecule has 1 aromatic carbocycles. The average molecular weight is 264 g/mol. The van der Waals surface area contributed by atoms with Gasteiger partial charge < -0.3 is 10.6 Å². The van der Waals surface area contributed by atoms with Gasteiger partial charge in [0.25, 0.3) is 5.69 Å². The van der Waals surface area contributed by atoms with E-state index in [2.05, 4.69) is 22.5 Å². The maximum absolute atomic E-state index is 10.5. The summed E-state index contributed by atoms with van der Waals surface area (Å²) in [7, 11) is 1.72. The second-order valence-electron chi connectivity index (χ2n) is 4.13. The van der Waals surface area contributed by atoms with Crippen molar-refractivity contribution in [3.05, 3.63) is 39.9 Å². The zero-order valence-electron chi connectivity index (χ0n) is 11.3. The van der Waals surface area contributed by atoms with Gasteiger partial charge >= 0.3 is 0 Å². The van der Waals surface area contributed by atoms with Gasteiger partial charge in [-0.25, -0.2) is 0 Å². The number of nitrogens with one attached hydrogen (secondary N) is 2. The predicted molar refractivity (Wildman–Crippen MR) is 76.2 cm³/mol. The number of non-ortho nitro benzene ring substituents is 1. The SMILES string of the molecule is CCCCNC(=NC)NCc1ccc([N+](=O)[O-])cc1. The molecule has 6 nitrogen and oxygen atoms in total. The lowest BCUT2D eigenvalue weighted by molar-refractivity contribution is -0.384. The molecular weight excluding hydrogens is 244 g/mol. The van der Waals surface area contributed by atoms with Gasteiger partial charge in [-0.15, -0.1) is 0 Å². The Hall–Kier alpha value is -2.11. The van der Waals surface area contributed by atoms with Gasteiger partial charge in [0.05, 0.1) is 4.92 Å². The Balaban J connectivity index is 2.44. The molecule has 0 fully saturated rings. The van der Waals surface area contributed by atoms with Crippen LogP contribution in [0.3, 0.4) is 0 Å². The number of benzene rings is 1. The largest absolute Gasteiger partial charge is 0.356 e. The van der Waals surface area contributed by atoms with E-state index in [9.17, 15) is 10.1 Å². The number of unbranched alkanes of at least 4 members (excludes halogenated alkanes) is 1. The summed E-state index contributed by atoms with van der Waals surface area (Å²) in [6.45, 7) is 3.61. The van der Waals surface area contributed by atoms with E-state index >= 15 is 0 Å². The summed E-state index contributed by atoms with van der Waals surface area (Å²) >= 11 is 0. The number of hydrogen-bond acceptors (Lipinski definition) is 3. The van der Waals surface area contributed by atoms with E-state index in [1.165, 1.54) is 12.1 Å². The Morgan fingerprint density at radius 2 is 2.00 bits per heavy atom. The first-order chi connectivity index (χ1) is 9.17. The molecule has 0 aromatic heterocycles. The van der Waals surface area contributed by atoms with Crippen LogP contribution < -0.4 is 10.6 Å². The number of nitro groups is 1. The van der Waals surface area contributed by atoms with Crippen molar-refractivity contribution in [2.75, 3.05) is 13.6 Å². The standard InChI is InChI=1S/C13H20N4O2/c1-3-4-9-15-13(14-2)16-10-11-5-7-12(8-6-11)17(18)19/h5-8H,3-4,9-10H2,1-2H3,(H2,14,15,16). The number of hydrogen-bond donors (Lipinski definition) is 2. The van der Waals surface area contributed by atoms with Gasteiger partial charge in [-0.05, 0) is 12.0 Å². The van der Waals surface area contributed by atoms with E-state index in [4.69, 9.17) is 0 Å². The van der Waals surface area contributed by atoms with Crippen LogP contribution >= 0.6 is 0 Å². The number of guanidine groups is 1. The van der Waals surface area contributed by atoms with Crippen molar-refractivity contribution in [3.8, 4) is 0 Å². The molecule has 0 aliphatic rings. The van der Waals surface area contributed by atoms with Crippen molar-refractivity contribution in [2.24, 2.45) is 4.99 Å². The Bertz CT molecular complexity index is 429. The van der Waals surface area contributed by atoms with Crippen LogP contribution in [-0.2, 0) is 6.54 Å². The molecule has 19 heavy (non-hydrogen) atoms. The molecule has 0 bridgehead atoms. The average Bonchev–Trinajstić information content (AvgIpc) is 2.43. The predicted octanol–water partition coefficient (Wildman–Crippen LogP) is 2.06. The summed E-state index contributed by atoms with van der Waals surface area (Å²) in [6.07, 6.45) is 2.23. The number of nitrogens with zero attached hydrogens (tertiary/aromatic N) is 2. The van der Waals surface area contributed by atoms with E-state index in [1.54, 1.807) is 19.2 Å². The molecular formula is C13H20N4O2. The van der Waals surface area contributed by atoms with Crippen molar-refractivity contribution in [1.82, 2.24) is 10.6 Å². The van der Waals surface area contributed by atoms with Gasteiger partial charge in [-0.3, -0.25) is 15.1 Å². The minimum Gasteiger partial charge on any atom is -0.356 e. The summed E-state index contributed by atoms with van der Waals surface area (Å²) in [5.74, 6) is 0.742. The van der Waals surface area contributed by atoms with E-state index in [1.807, 2.05) is 0 Å². The Kier molecular flexibility index (Phi) is 6.35. The number of nitro benzene ring substituents is 1. The molecule has 0 amide bonds. The molecule has 0 radical (unpaired) electrons. The third-order valence-electron chi connectivity index (χ3n) is 2.65. The van der Waals surface area contributed by atoms with Gasteiger partial charge in [0.2, 0.25) is 0 Å². The number of aliphatic imine (C=N–C) groups is 1. The van der Waals surface area contributed by atoms with Crippen molar-refractivity contribution < 1.29 is 4.92 Å². The molecule has 0 saturated heterocycles. The highest BCUT2D eigenvalue weighted by Crippen LogP contribution is 2.11. The Morgan fingerprint density at radius 1 is 1.32 bits per heavy atom. The van der Waals surface area contributed by atoms with Gasteiger partial charge in [0, 0.05) is 32.3 Å². The molecule has 1 rings (SSSR count). The quantitative estimate of drug-likeness (QED) is 0.271. The minimum absolute atomic E-state index is 0.106. The molecule has 2 N–H and O–H groups in total. The molecule has 0 spiro atoms. The summed E-state index contributed by atoms with van der Waals surface area (Å²) in [4.78, 5) is 14.2. The smallest absolute Gasteiger partial charge is 0.269 e. The zero-order valence-corrected chi connectivity index (χ0v) is 11.3. The highest BCUT2D eigenvalue weighted by molar-refractivity contribution is 5.79. The third-order valence-corrected chi connectivity index (χ3v) is 2.65. The van der Waals surface area contributed by atoms with Crippen LogP contribution in [0.1, 0.15) is 25.3 Å². The lowest BCUT2D eigenvalue weighted by atomic mass is 10.2. The first-order valence-corrected chi connectivity index (χ1v) is 6.35. The summed E-state index contributed by atoms with van der Waals surface area (Å²) < 4.78 is 0. The molecule has 1 aromatic rings. The maximum atomic E-state index is 10.5. The highest BCUT2D eigenvalue weighted by Gasteiger charge is 2.04. The van der Waals surface area contributed by atoms with Crippen molar-refractivity contribution >= 4 is 11.6 Å². The molecule has 0 atom stereocenters. The Labute approximate surface area is 113 Å². The lowest BCUT2D eigenvalue weighted by Gasteiger charge is -2.11. The second-order valence-corrected chi connectivity index (χ2v) is 4.13. The van der Waals surface area contributed by atoms with Gasteiger partial charge in [0.1, 0.15) is 0 Å². The topological polar surface area (TPSA) is 79.6 Å². The summed E-state index contributed by atoms with van der Waals surface area (Å²) in [6, 6.07) is 6.49. The molecule has 104 valence electrons. The fourth-order valence-corrected chi connectivity index (χ4v) is 1.53. The molecule has 0 aliphatic heterocycles. The second kappa shape index (κ2) is 8.07. The monoisotopic (exact) mass is 264 g/mol. The first kappa shape index (κ1) is 14.9. The van der Waals surface area contributed by atoms with Crippen LogP contribution in [0.25, 0.3) is 0 Å². The summed E-state index contributed by atoms with van der Waals surface area (Å²) in [5.41, 5.74) is 1.08.